The second kappa shape index (κ2) is 8.75. The number of rotatable bonds is 7. The van der Waals surface area contributed by atoms with Gasteiger partial charge >= 0.3 is 6.18 Å². The van der Waals surface area contributed by atoms with Crippen molar-refractivity contribution in [3.8, 4) is 22.4 Å². The van der Waals surface area contributed by atoms with Crippen molar-refractivity contribution in [1.29, 1.82) is 0 Å². The summed E-state index contributed by atoms with van der Waals surface area (Å²) in [7, 11) is -1.40. The van der Waals surface area contributed by atoms with Gasteiger partial charge in [0.1, 0.15) is 23.9 Å². The van der Waals surface area contributed by atoms with E-state index in [9.17, 15) is 17.6 Å². The first-order valence-electron chi connectivity index (χ1n) is 10.5. The van der Waals surface area contributed by atoms with E-state index in [2.05, 4.69) is 29.7 Å². The van der Waals surface area contributed by atoms with Crippen LogP contribution in [0.4, 0.5) is 17.6 Å². The van der Waals surface area contributed by atoms with Crippen LogP contribution in [0.25, 0.3) is 28.0 Å². The topological polar surface area (TPSA) is 44.3 Å². The molecule has 0 amide bonds. The highest BCUT2D eigenvalue weighted by atomic mass is 28.3. The number of hydrogen-bond acceptors (Lipinski definition) is 3. The Bertz CT molecular complexity index is 1260. The summed E-state index contributed by atoms with van der Waals surface area (Å²) in [6.45, 7) is 6.53. The van der Waals surface area contributed by atoms with Crippen LogP contribution in [-0.2, 0) is 17.6 Å². The molecule has 0 fully saturated rings. The monoisotopic (exact) mass is 476 g/mol. The Morgan fingerprint density at radius 3 is 2.36 bits per heavy atom. The molecule has 0 aliphatic rings. The summed E-state index contributed by atoms with van der Waals surface area (Å²) in [6, 6.07) is 9.30. The van der Waals surface area contributed by atoms with Crippen LogP contribution in [0, 0.1) is 5.82 Å². The minimum atomic E-state index is -4.69. The molecule has 1 aromatic carbocycles. The van der Waals surface area contributed by atoms with E-state index in [1.165, 1.54) is 24.3 Å². The molecule has 174 valence electrons. The molecular formula is C23H24F4N4OSi. The van der Waals surface area contributed by atoms with Gasteiger partial charge in [0.25, 0.3) is 0 Å². The molecule has 0 unspecified atom stereocenters. The van der Waals surface area contributed by atoms with Gasteiger partial charge in [-0.1, -0.05) is 19.6 Å². The van der Waals surface area contributed by atoms with E-state index >= 15 is 0 Å². The second-order valence-corrected chi connectivity index (χ2v) is 14.7. The minimum absolute atomic E-state index is 0.0847. The highest BCUT2D eigenvalue weighted by Crippen LogP contribution is 2.42. The average Bonchev–Trinajstić information content (AvgIpc) is 3.35. The molecule has 0 spiro atoms. The lowest BCUT2D eigenvalue weighted by Crippen LogP contribution is -2.23. The third-order valence-electron chi connectivity index (χ3n) is 5.23. The van der Waals surface area contributed by atoms with Crippen molar-refractivity contribution in [2.45, 2.75) is 38.6 Å². The SMILES string of the molecule is C[Si](C)(C)CCOCn1nc(-c2ccc(F)cc2)c(-c2ccc3nccn3c2)c1C(F)(F)F. The Labute approximate surface area is 189 Å². The van der Waals surface area contributed by atoms with Crippen LogP contribution in [0.1, 0.15) is 5.69 Å². The maximum absolute atomic E-state index is 14.4. The number of halogens is 4. The molecule has 3 aromatic heterocycles. The van der Waals surface area contributed by atoms with Crippen molar-refractivity contribution in [2.75, 3.05) is 6.61 Å². The van der Waals surface area contributed by atoms with Gasteiger partial charge in [0.05, 0.1) is 0 Å². The van der Waals surface area contributed by atoms with Crippen LogP contribution in [0.5, 0.6) is 0 Å². The molecule has 33 heavy (non-hydrogen) atoms. The predicted molar refractivity (Wildman–Crippen MR) is 121 cm³/mol. The number of fused-ring (bicyclic) bond motifs is 1. The molecule has 5 nitrogen and oxygen atoms in total. The van der Waals surface area contributed by atoms with E-state index < -0.39 is 25.8 Å². The fourth-order valence-corrected chi connectivity index (χ4v) is 4.28. The number of hydrogen-bond donors (Lipinski definition) is 0. The molecule has 0 saturated heterocycles. The number of nitrogens with zero attached hydrogens (tertiary/aromatic N) is 4. The molecule has 10 heteroatoms. The molecular weight excluding hydrogens is 452 g/mol. The lowest BCUT2D eigenvalue weighted by atomic mass is 9.99. The molecule has 4 rings (SSSR count). The zero-order chi connectivity index (χ0) is 23.8. The first kappa shape index (κ1) is 23.2. The van der Waals surface area contributed by atoms with Crippen molar-refractivity contribution in [3.05, 3.63) is 66.5 Å². The zero-order valence-electron chi connectivity index (χ0n) is 18.5. The number of alkyl halides is 3. The van der Waals surface area contributed by atoms with Crippen molar-refractivity contribution in [3.63, 3.8) is 0 Å². The maximum atomic E-state index is 14.4. The fourth-order valence-electron chi connectivity index (χ4n) is 3.52. The van der Waals surface area contributed by atoms with Crippen molar-refractivity contribution in [2.24, 2.45) is 0 Å². The van der Waals surface area contributed by atoms with Gasteiger partial charge in [0, 0.05) is 50.0 Å². The highest BCUT2D eigenvalue weighted by Gasteiger charge is 2.41. The normalized spacial score (nSPS) is 12.6. The number of ether oxygens (including phenoxy) is 1. The Hall–Kier alpha value is -2.98. The summed E-state index contributed by atoms with van der Waals surface area (Å²) in [4.78, 5) is 4.15. The van der Waals surface area contributed by atoms with E-state index in [1.807, 2.05) is 0 Å². The van der Waals surface area contributed by atoms with Gasteiger partial charge in [-0.05, 0) is 42.4 Å². The summed E-state index contributed by atoms with van der Waals surface area (Å²) in [6.07, 6.45) is 0.124. The van der Waals surface area contributed by atoms with E-state index in [-0.39, 0.29) is 18.0 Å². The Kier molecular flexibility index (Phi) is 6.15. The quantitative estimate of drug-likeness (QED) is 0.178. The number of imidazole rings is 1. The third-order valence-corrected chi connectivity index (χ3v) is 6.93. The van der Waals surface area contributed by atoms with Crippen LogP contribution < -0.4 is 0 Å². The van der Waals surface area contributed by atoms with Crippen molar-refractivity contribution >= 4 is 13.7 Å². The minimum Gasteiger partial charge on any atom is -0.360 e. The Morgan fingerprint density at radius 2 is 1.70 bits per heavy atom. The largest absolute Gasteiger partial charge is 0.433 e. The van der Waals surface area contributed by atoms with Crippen LogP contribution >= 0.6 is 0 Å². The van der Waals surface area contributed by atoms with Gasteiger partial charge in [-0.3, -0.25) is 0 Å². The van der Waals surface area contributed by atoms with Crippen LogP contribution in [0.2, 0.25) is 25.7 Å². The van der Waals surface area contributed by atoms with Crippen LogP contribution in [0.15, 0.2) is 55.0 Å². The molecule has 0 N–H and O–H groups in total. The lowest BCUT2D eigenvalue weighted by molar-refractivity contribution is -0.146. The van der Waals surface area contributed by atoms with E-state index in [4.69, 9.17) is 4.74 Å². The maximum Gasteiger partial charge on any atom is 0.433 e. The van der Waals surface area contributed by atoms with Gasteiger partial charge in [0.15, 0.2) is 5.69 Å². The van der Waals surface area contributed by atoms with Gasteiger partial charge in [-0.25, -0.2) is 14.1 Å². The van der Waals surface area contributed by atoms with Crippen LogP contribution in [0.3, 0.4) is 0 Å². The molecule has 0 bridgehead atoms. The molecule has 0 aliphatic heterocycles. The lowest BCUT2D eigenvalue weighted by Gasteiger charge is -2.16. The summed E-state index contributed by atoms with van der Waals surface area (Å²) in [5.41, 5.74) is 0.421. The third kappa shape index (κ3) is 5.17. The van der Waals surface area contributed by atoms with Gasteiger partial charge in [-0.15, -0.1) is 0 Å². The van der Waals surface area contributed by atoms with Crippen molar-refractivity contribution in [1.82, 2.24) is 19.2 Å². The standard InChI is InChI=1S/C23H24F4N4OSi/c1-33(2,3)13-12-32-15-31-22(23(25,26)27)20(17-6-9-19-28-10-11-30(19)14-17)21(29-31)16-4-7-18(24)8-5-16/h4-11,14H,12-13,15H2,1-3H3. The molecule has 0 aliphatic carbocycles. The van der Waals surface area contributed by atoms with E-state index in [0.29, 0.717) is 23.4 Å². The van der Waals surface area contributed by atoms with E-state index in [1.54, 1.807) is 35.1 Å². The van der Waals surface area contributed by atoms with Crippen LogP contribution in [-0.4, -0.2) is 33.8 Å². The summed E-state index contributed by atoms with van der Waals surface area (Å²) in [5.74, 6) is -0.481. The highest BCUT2D eigenvalue weighted by molar-refractivity contribution is 6.76. The van der Waals surface area contributed by atoms with Gasteiger partial charge in [0.2, 0.25) is 0 Å². The molecule has 0 radical (unpaired) electrons. The molecule has 0 saturated carbocycles. The fraction of sp³-hybridized carbons (Fsp3) is 0.304. The summed E-state index contributed by atoms with van der Waals surface area (Å²) >= 11 is 0. The first-order chi connectivity index (χ1) is 15.5. The van der Waals surface area contributed by atoms with E-state index in [0.717, 1.165) is 10.7 Å². The number of benzene rings is 1. The van der Waals surface area contributed by atoms with Crippen molar-refractivity contribution < 1.29 is 22.3 Å². The molecule has 4 aromatic rings. The Morgan fingerprint density at radius 1 is 1.00 bits per heavy atom. The predicted octanol–water partition coefficient (Wildman–Crippen LogP) is 6.34. The summed E-state index contributed by atoms with van der Waals surface area (Å²) in [5, 5.41) is 4.29. The average molecular weight is 477 g/mol. The summed E-state index contributed by atoms with van der Waals surface area (Å²) < 4.78 is 64.7. The first-order valence-corrected chi connectivity index (χ1v) is 14.2. The van der Waals surface area contributed by atoms with Gasteiger partial charge < -0.3 is 9.14 Å². The second-order valence-electron chi connectivity index (χ2n) is 9.03. The molecule has 0 atom stereocenters. The molecule has 3 heterocycles. The number of aromatic nitrogens is 4. The Balaban J connectivity index is 1.85. The van der Waals surface area contributed by atoms with Gasteiger partial charge in [-0.2, -0.15) is 18.3 Å². The zero-order valence-corrected chi connectivity index (χ0v) is 19.5. The number of pyridine rings is 1. The smallest absolute Gasteiger partial charge is 0.360 e.